The first kappa shape index (κ1) is 18.9. The molecule has 9 heteroatoms. The zero-order valence-electron chi connectivity index (χ0n) is 13.4. The van der Waals surface area contributed by atoms with Gasteiger partial charge in [-0.2, -0.15) is 0 Å². The average molecular weight is 429 g/mol. The Hall–Kier alpha value is -1.86. The Bertz CT molecular complexity index is 1100. The van der Waals surface area contributed by atoms with Crippen LogP contribution in [0.25, 0.3) is 22.4 Å². The molecule has 2 N–H and O–H groups in total. The van der Waals surface area contributed by atoms with Gasteiger partial charge in [-0.1, -0.05) is 46.9 Å². The van der Waals surface area contributed by atoms with Crippen molar-refractivity contribution in [3.63, 3.8) is 0 Å². The molecule has 134 valence electrons. The number of halogens is 3. The molecule has 0 aliphatic rings. The molecule has 3 rings (SSSR count). The molecular formula is C17H12Cl3N3O2S. The van der Waals surface area contributed by atoms with E-state index in [0.29, 0.717) is 37.5 Å². The molecule has 1 aromatic heterocycles. The van der Waals surface area contributed by atoms with E-state index in [9.17, 15) is 8.42 Å². The van der Waals surface area contributed by atoms with Crippen LogP contribution in [0, 0.1) is 0 Å². The van der Waals surface area contributed by atoms with E-state index in [4.69, 9.17) is 40.5 Å². The molecule has 0 unspecified atom stereocenters. The van der Waals surface area contributed by atoms with Gasteiger partial charge >= 0.3 is 0 Å². The van der Waals surface area contributed by atoms with Crippen molar-refractivity contribution in [3.05, 3.63) is 57.5 Å². The van der Waals surface area contributed by atoms with Crippen LogP contribution in [0.1, 0.15) is 0 Å². The molecule has 0 saturated heterocycles. The summed E-state index contributed by atoms with van der Waals surface area (Å²) in [6.45, 7) is 0. The first-order valence-corrected chi connectivity index (χ1v) is 10.3. The van der Waals surface area contributed by atoms with Crippen LogP contribution in [0.3, 0.4) is 0 Å². The minimum absolute atomic E-state index is 0.0174. The van der Waals surface area contributed by atoms with Crippen LogP contribution in [0.2, 0.25) is 15.1 Å². The van der Waals surface area contributed by atoms with Crippen molar-refractivity contribution >= 4 is 50.5 Å². The molecule has 0 aliphatic heterocycles. The van der Waals surface area contributed by atoms with Gasteiger partial charge in [-0.3, -0.25) is 0 Å². The lowest BCUT2D eigenvalue weighted by Crippen LogP contribution is -2.09. The fraction of sp³-hybridized carbons (Fsp3) is 0.0588. The zero-order valence-corrected chi connectivity index (χ0v) is 16.5. The van der Waals surface area contributed by atoms with E-state index in [1.54, 1.807) is 42.5 Å². The van der Waals surface area contributed by atoms with Gasteiger partial charge in [-0.05, 0) is 35.9 Å². The van der Waals surface area contributed by atoms with Gasteiger partial charge in [-0.15, -0.1) is 0 Å². The Balaban J connectivity index is 2.38. The number of aromatic nitrogens is 2. The quantitative estimate of drug-likeness (QED) is 0.608. The highest BCUT2D eigenvalue weighted by molar-refractivity contribution is 7.90. The fourth-order valence-electron chi connectivity index (χ4n) is 2.40. The highest BCUT2D eigenvalue weighted by Gasteiger charge is 2.22. The summed E-state index contributed by atoms with van der Waals surface area (Å²) >= 11 is 18.2. The molecule has 0 fully saturated rings. The summed E-state index contributed by atoms with van der Waals surface area (Å²) in [5, 5.41) is 0.920. The Kier molecular flexibility index (Phi) is 5.12. The van der Waals surface area contributed by atoms with Gasteiger partial charge in [-0.25, -0.2) is 18.4 Å². The largest absolute Gasteiger partial charge is 0.383 e. The second kappa shape index (κ2) is 7.04. The molecule has 0 spiro atoms. The van der Waals surface area contributed by atoms with Crippen molar-refractivity contribution in [1.29, 1.82) is 0 Å². The van der Waals surface area contributed by atoms with E-state index in [1.807, 2.05) is 0 Å². The van der Waals surface area contributed by atoms with Crippen molar-refractivity contribution in [2.24, 2.45) is 0 Å². The molecule has 2 aromatic carbocycles. The summed E-state index contributed by atoms with van der Waals surface area (Å²) in [6, 6.07) is 11.7. The van der Waals surface area contributed by atoms with Crippen LogP contribution in [-0.4, -0.2) is 24.6 Å². The number of hydrogen-bond acceptors (Lipinski definition) is 5. The van der Waals surface area contributed by atoms with Crippen LogP contribution >= 0.6 is 34.8 Å². The highest BCUT2D eigenvalue weighted by atomic mass is 35.5. The third kappa shape index (κ3) is 3.78. The van der Waals surface area contributed by atoms with Crippen molar-refractivity contribution in [3.8, 4) is 22.4 Å². The lowest BCUT2D eigenvalue weighted by Gasteiger charge is -2.14. The summed E-state index contributed by atoms with van der Waals surface area (Å²) in [4.78, 5) is 8.18. The Labute approximate surface area is 165 Å². The van der Waals surface area contributed by atoms with E-state index < -0.39 is 9.84 Å². The van der Waals surface area contributed by atoms with Crippen LogP contribution in [0.15, 0.2) is 47.6 Å². The van der Waals surface area contributed by atoms with Crippen molar-refractivity contribution in [2.45, 2.75) is 5.16 Å². The molecule has 0 bridgehead atoms. The van der Waals surface area contributed by atoms with E-state index >= 15 is 0 Å². The number of benzene rings is 2. The summed E-state index contributed by atoms with van der Waals surface area (Å²) in [7, 11) is -3.67. The third-order valence-corrected chi connectivity index (χ3v) is 5.21. The lowest BCUT2D eigenvalue weighted by molar-refractivity contribution is 0.593. The number of nitrogens with zero attached hydrogens (tertiary/aromatic N) is 2. The number of sulfone groups is 1. The predicted molar refractivity (Wildman–Crippen MR) is 105 cm³/mol. The summed E-state index contributed by atoms with van der Waals surface area (Å²) in [6.07, 6.45) is 1.01. The van der Waals surface area contributed by atoms with Gasteiger partial charge in [0.15, 0.2) is 0 Å². The lowest BCUT2D eigenvalue weighted by atomic mass is 10.00. The highest BCUT2D eigenvalue weighted by Crippen LogP contribution is 2.39. The monoisotopic (exact) mass is 427 g/mol. The second-order valence-corrected chi connectivity index (χ2v) is 8.71. The number of hydrogen-bond donors (Lipinski definition) is 1. The van der Waals surface area contributed by atoms with Gasteiger partial charge in [0.05, 0.1) is 16.3 Å². The van der Waals surface area contributed by atoms with Crippen LogP contribution < -0.4 is 5.73 Å². The van der Waals surface area contributed by atoms with Crippen molar-refractivity contribution in [1.82, 2.24) is 9.97 Å². The Morgan fingerprint density at radius 2 is 1.54 bits per heavy atom. The summed E-state index contributed by atoms with van der Waals surface area (Å²) in [5.41, 5.74) is 8.00. The molecule has 3 aromatic rings. The molecule has 1 heterocycles. The normalized spacial score (nSPS) is 11.5. The molecule has 0 saturated carbocycles. The maximum Gasteiger partial charge on any atom is 0.249 e. The topological polar surface area (TPSA) is 85.9 Å². The maximum absolute atomic E-state index is 11.9. The van der Waals surface area contributed by atoms with Crippen molar-refractivity contribution in [2.75, 3.05) is 12.0 Å². The Morgan fingerprint density at radius 1 is 0.923 bits per heavy atom. The molecule has 5 nitrogen and oxygen atoms in total. The van der Waals surface area contributed by atoms with Gasteiger partial charge in [0.1, 0.15) is 5.82 Å². The SMILES string of the molecule is CS(=O)(=O)c1nc(N)c(-c2ccc(Cl)cc2)c(-c2ccc(Cl)cc2Cl)n1. The van der Waals surface area contributed by atoms with Crippen LogP contribution in [-0.2, 0) is 9.84 Å². The summed E-state index contributed by atoms with van der Waals surface area (Å²) < 4.78 is 23.9. The number of nitrogens with two attached hydrogens (primary N) is 1. The van der Waals surface area contributed by atoms with Gasteiger partial charge in [0.2, 0.25) is 15.0 Å². The third-order valence-electron chi connectivity index (χ3n) is 3.57. The zero-order chi connectivity index (χ0) is 19.1. The first-order valence-electron chi connectivity index (χ1n) is 7.26. The molecule has 0 aliphatic carbocycles. The second-order valence-electron chi connectivity index (χ2n) is 5.52. The molecule has 0 amide bonds. The van der Waals surface area contributed by atoms with Crippen molar-refractivity contribution < 1.29 is 8.42 Å². The van der Waals surface area contributed by atoms with E-state index in [-0.39, 0.29) is 11.0 Å². The maximum atomic E-state index is 11.9. The minimum atomic E-state index is -3.67. The smallest absolute Gasteiger partial charge is 0.249 e. The molecule has 0 atom stereocenters. The molecular weight excluding hydrogens is 417 g/mol. The van der Waals surface area contributed by atoms with Crippen LogP contribution in [0.5, 0.6) is 0 Å². The fourth-order valence-corrected chi connectivity index (χ4v) is 3.55. The Morgan fingerprint density at radius 3 is 2.12 bits per heavy atom. The van der Waals surface area contributed by atoms with E-state index in [2.05, 4.69) is 9.97 Å². The average Bonchev–Trinajstić information content (AvgIpc) is 2.54. The number of rotatable bonds is 3. The number of nitrogen functional groups attached to an aromatic ring is 1. The molecule has 26 heavy (non-hydrogen) atoms. The van der Waals surface area contributed by atoms with E-state index in [0.717, 1.165) is 6.26 Å². The van der Waals surface area contributed by atoms with Gasteiger partial charge < -0.3 is 5.73 Å². The van der Waals surface area contributed by atoms with E-state index in [1.165, 1.54) is 0 Å². The van der Waals surface area contributed by atoms with Gasteiger partial charge in [0.25, 0.3) is 0 Å². The van der Waals surface area contributed by atoms with Gasteiger partial charge in [0, 0.05) is 21.9 Å². The number of anilines is 1. The molecule has 0 radical (unpaired) electrons. The predicted octanol–water partition coefficient (Wildman–Crippen LogP) is 4.76. The standard InChI is InChI=1S/C17H12Cl3N3O2S/c1-26(24,25)17-22-15(12-7-6-11(19)8-13(12)20)14(16(21)23-17)9-2-4-10(18)5-3-9/h2-8H,1H3,(H2,21,22,23). The van der Waals surface area contributed by atoms with Crippen LogP contribution in [0.4, 0.5) is 5.82 Å². The minimum Gasteiger partial charge on any atom is -0.383 e. The summed E-state index contributed by atoms with van der Waals surface area (Å²) in [5.74, 6) is 0.0174. The first-order chi connectivity index (χ1) is 12.2.